The van der Waals surface area contributed by atoms with Gasteiger partial charge in [0.15, 0.2) is 11.9 Å². The fourth-order valence-corrected chi connectivity index (χ4v) is 3.57. The van der Waals surface area contributed by atoms with Crippen molar-refractivity contribution in [1.82, 2.24) is 9.97 Å². The van der Waals surface area contributed by atoms with E-state index in [0.29, 0.717) is 11.6 Å². The summed E-state index contributed by atoms with van der Waals surface area (Å²) in [7, 11) is 0. The predicted octanol–water partition coefficient (Wildman–Crippen LogP) is 3.68. The first-order chi connectivity index (χ1) is 14.2. The van der Waals surface area contributed by atoms with Crippen LogP contribution in [0.3, 0.4) is 0 Å². The van der Waals surface area contributed by atoms with Crippen LogP contribution >= 0.6 is 0 Å². The highest BCUT2D eigenvalue weighted by molar-refractivity contribution is 5.94. The number of carbonyl (C=O) groups excluding carboxylic acids is 1. The number of hydrogen-bond donors (Lipinski definition) is 1. The number of rotatable bonds is 3. The third-order valence-corrected chi connectivity index (χ3v) is 4.96. The molecule has 6 heteroatoms. The smallest absolute Gasteiger partial charge is 0.260 e. The molecule has 0 unspecified atom stereocenters. The topological polar surface area (TPSA) is 81.3 Å². The van der Waals surface area contributed by atoms with Crippen LogP contribution in [0.25, 0.3) is 22.3 Å². The van der Waals surface area contributed by atoms with E-state index in [0.717, 1.165) is 28.0 Å². The molecule has 1 aliphatic heterocycles. The molecule has 0 bridgehead atoms. The first kappa shape index (κ1) is 17.2. The molecule has 29 heavy (non-hydrogen) atoms. The average Bonchev–Trinajstić information content (AvgIpc) is 2.78. The summed E-state index contributed by atoms with van der Waals surface area (Å²) in [5, 5.41) is 0.895. The van der Waals surface area contributed by atoms with Gasteiger partial charge in [-0.3, -0.25) is 4.79 Å². The standard InChI is InChI=1S/C23H18N4O2/c24-21(28)20-14-27(18-12-6-7-13-19(18)29-20)23-16-10-4-5-11-17(16)25-22(26-23)15-8-2-1-3-9-15/h1-13,20H,14H2,(H2,24,28)/t20-/m0/s1. The fraction of sp³-hybridized carbons (Fsp3) is 0.0870. The second-order valence-corrected chi connectivity index (χ2v) is 6.84. The number of ether oxygens (including phenoxy) is 1. The Balaban J connectivity index is 1.74. The summed E-state index contributed by atoms with van der Waals surface area (Å²) in [4.78, 5) is 23.6. The number of para-hydroxylation sites is 3. The van der Waals surface area contributed by atoms with Gasteiger partial charge in [0.05, 0.1) is 17.7 Å². The lowest BCUT2D eigenvalue weighted by Gasteiger charge is -2.34. The maximum atomic E-state index is 11.9. The normalized spacial score (nSPS) is 15.6. The molecule has 142 valence electrons. The maximum Gasteiger partial charge on any atom is 0.260 e. The monoisotopic (exact) mass is 382 g/mol. The Morgan fingerprint density at radius 3 is 2.48 bits per heavy atom. The summed E-state index contributed by atoms with van der Waals surface area (Å²) in [6.07, 6.45) is -0.765. The molecule has 6 nitrogen and oxygen atoms in total. The Labute approximate surface area is 167 Å². The van der Waals surface area contributed by atoms with E-state index in [1.165, 1.54) is 0 Å². The minimum atomic E-state index is -0.765. The molecule has 2 N–H and O–H groups in total. The summed E-state index contributed by atoms with van der Waals surface area (Å²) in [5.41, 5.74) is 8.17. The lowest BCUT2D eigenvalue weighted by atomic mass is 10.1. The summed E-state index contributed by atoms with van der Waals surface area (Å²) in [6.45, 7) is 0.279. The van der Waals surface area contributed by atoms with Crippen molar-refractivity contribution in [1.29, 1.82) is 0 Å². The number of anilines is 2. The molecular weight excluding hydrogens is 364 g/mol. The second-order valence-electron chi connectivity index (χ2n) is 6.84. The van der Waals surface area contributed by atoms with E-state index in [4.69, 9.17) is 20.4 Å². The number of carbonyl (C=O) groups is 1. The van der Waals surface area contributed by atoms with Gasteiger partial charge < -0.3 is 15.4 Å². The number of aromatic nitrogens is 2. The molecule has 0 fully saturated rings. The zero-order chi connectivity index (χ0) is 19.8. The van der Waals surface area contributed by atoms with E-state index in [1.807, 2.05) is 83.8 Å². The number of primary amides is 1. The third kappa shape index (κ3) is 3.04. The molecule has 1 aromatic heterocycles. The van der Waals surface area contributed by atoms with E-state index in [-0.39, 0.29) is 6.54 Å². The van der Waals surface area contributed by atoms with Crippen LogP contribution in [0.2, 0.25) is 0 Å². The van der Waals surface area contributed by atoms with Gasteiger partial charge in [0, 0.05) is 10.9 Å². The molecule has 0 spiro atoms. The molecule has 0 radical (unpaired) electrons. The predicted molar refractivity (Wildman–Crippen MR) is 112 cm³/mol. The van der Waals surface area contributed by atoms with E-state index < -0.39 is 12.0 Å². The molecule has 3 aromatic carbocycles. The number of amides is 1. The van der Waals surface area contributed by atoms with Crippen LogP contribution in [0.1, 0.15) is 0 Å². The minimum Gasteiger partial charge on any atom is -0.477 e. The van der Waals surface area contributed by atoms with Gasteiger partial charge in [-0.2, -0.15) is 0 Å². The summed E-state index contributed by atoms with van der Waals surface area (Å²) in [5.74, 6) is 1.44. The van der Waals surface area contributed by atoms with E-state index >= 15 is 0 Å². The Hall–Kier alpha value is -3.93. The van der Waals surface area contributed by atoms with Gasteiger partial charge in [0.1, 0.15) is 11.6 Å². The zero-order valence-electron chi connectivity index (χ0n) is 15.5. The number of fused-ring (bicyclic) bond motifs is 2. The molecule has 5 rings (SSSR count). The Kier molecular flexibility index (Phi) is 4.09. The average molecular weight is 382 g/mol. The summed E-state index contributed by atoms with van der Waals surface area (Å²) < 4.78 is 5.81. The number of nitrogens with two attached hydrogens (primary N) is 1. The van der Waals surface area contributed by atoms with Crippen LogP contribution in [-0.4, -0.2) is 28.5 Å². The molecule has 1 aliphatic rings. The Morgan fingerprint density at radius 2 is 1.66 bits per heavy atom. The van der Waals surface area contributed by atoms with Crippen molar-refractivity contribution in [2.75, 3.05) is 11.4 Å². The zero-order valence-corrected chi connectivity index (χ0v) is 15.5. The maximum absolute atomic E-state index is 11.9. The van der Waals surface area contributed by atoms with Crippen LogP contribution in [0.5, 0.6) is 5.75 Å². The van der Waals surface area contributed by atoms with Crippen LogP contribution in [0.4, 0.5) is 11.5 Å². The second kappa shape index (κ2) is 6.91. The Morgan fingerprint density at radius 1 is 0.931 bits per heavy atom. The van der Waals surface area contributed by atoms with E-state index in [9.17, 15) is 4.79 Å². The lowest BCUT2D eigenvalue weighted by molar-refractivity contribution is -0.124. The SMILES string of the molecule is NC(=O)[C@@H]1CN(c2nc(-c3ccccc3)nc3ccccc23)c2ccccc2O1. The minimum absolute atomic E-state index is 0.279. The van der Waals surface area contributed by atoms with Gasteiger partial charge in [0.2, 0.25) is 0 Å². The highest BCUT2D eigenvalue weighted by Crippen LogP contribution is 2.40. The van der Waals surface area contributed by atoms with Gasteiger partial charge >= 0.3 is 0 Å². The number of hydrogen-bond acceptors (Lipinski definition) is 5. The van der Waals surface area contributed by atoms with Crippen molar-refractivity contribution in [2.45, 2.75) is 6.10 Å². The van der Waals surface area contributed by atoms with Crippen LogP contribution < -0.4 is 15.4 Å². The van der Waals surface area contributed by atoms with Gasteiger partial charge in [-0.25, -0.2) is 9.97 Å². The molecule has 0 saturated heterocycles. The van der Waals surface area contributed by atoms with Crippen LogP contribution in [0, 0.1) is 0 Å². The Bertz CT molecular complexity index is 1210. The lowest BCUT2D eigenvalue weighted by Crippen LogP contribution is -2.45. The van der Waals surface area contributed by atoms with Crippen molar-refractivity contribution in [3.8, 4) is 17.1 Å². The molecule has 0 aliphatic carbocycles. The van der Waals surface area contributed by atoms with Gasteiger partial charge in [-0.15, -0.1) is 0 Å². The van der Waals surface area contributed by atoms with Crippen LogP contribution in [-0.2, 0) is 4.79 Å². The molecular formula is C23H18N4O2. The summed E-state index contributed by atoms with van der Waals surface area (Å²) >= 11 is 0. The van der Waals surface area contributed by atoms with Crippen molar-refractivity contribution >= 4 is 28.3 Å². The number of nitrogens with zero attached hydrogens (tertiary/aromatic N) is 3. The fourth-order valence-electron chi connectivity index (χ4n) is 3.57. The number of benzene rings is 3. The van der Waals surface area contributed by atoms with Gasteiger partial charge in [-0.05, 0) is 24.3 Å². The van der Waals surface area contributed by atoms with Crippen molar-refractivity contribution in [3.05, 3.63) is 78.9 Å². The molecule has 1 amide bonds. The summed E-state index contributed by atoms with van der Waals surface area (Å²) in [6, 6.07) is 25.3. The molecule has 0 saturated carbocycles. The first-order valence-corrected chi connectivity index (χ1v) is 9.35. The first-order valence-electron chi connectivity index (χ1n) is 9.35. The highest BCUT2D eigenvalue weighted by atomic mass is 16.5. The van der Waals surface area contributed by atoms with Crippen molar-refractivity contribution < 1.29 is 9.53 Å². The molecule has 4 aromatic rings. The van der Waals surface area contributed by atoms with Gasteiger partial charge in [0.25, 0.3) is 5.91 Å². The molecule has 2 heterocycles. The van der Waals surface area contributed by atoms with Crippen LogP contribution in [0.15, 0.2) is 78.9 Å². The van der Waals surface area contributed by atoms with Crippen molar-refractivity contribution in [2.24, 2.45) is 5.73 Å². The van der Waals surface area contributed by atoms with Crippen molar-refractivity contribution in [3.63, 3.8) is 0 Å². The van der Waals surface area contributed by atoms with Gasteiger partial charge in [-0.1, -0.05) is 54.6 Å². The molecule has 1 atom stereocenters. The highest BCUT2D eigenvalue weighted by Gasteiger charge is 2.31. The largest absolute Gasteiger partial charge is 0.477 e. The third-order valence-electron chi connectivity index (χ3n) is 4.96. The van der Waals surface area contributed by atoms with E-state index in [2.05, 4.69) is 0 Å². The van der Waals surface area contributed by atoms with E-state index in [1.54, 1.807) is 0 Å². The quantitative estimate of drug-likeness (QED) is 0.585.